The number of benzene rings is 6. The topological polar surface area (TPSA) is 48.8 Å². The van der Waals surface area contributed by atoms with Gasteiger partial charge in [-0.25, -0.2) is 4.98 Å². The second-order valence-corrected chi connectivity index (χ2v) is 11.9. The van der Waals surface area contributed by atoms with E-state index in [1.165, 1.54) is 43.6 Å². The zero-order valence-electron chi connectivity index (χ0n) is 25.2. The SMILES string of the molecule is c1ccc2c(c1)c1ccccc1n2-c1ccc(-c2cnc3nc(-c4ccc(-n5c6ccccc6c6ccccc65)cc4)oc3c2)cc1. The van der Waals surface area contributed by atoms with Crippen molar-refractivity contribution >= 4 is 54.8 Å². The Morgan fingerprint density at radius 1 is 0.426 bits per heavy atom. The van der Waals surface area contributed by atoms with Gasteiger partial charge in [0.05, 0.1) is 22.1 Å². The number of para-hydroxylation sites is 4. The molecule has 5 nitrogen and oxygen atoms in total. The Labute approximate surface area is 269 Å². The lowest BCUT2D eigenvalue weighted by atomic mass is 10.1. The van der Waals surface area contributed by atoms with Crippen molar-refractivity contribution in [3.05, 3.63) is 158 Å². The van der Waals surface area contributed by atoms with Gasteiger partial charge in [-0.1, -0.05) is 84.9 Å². The van der Waals surface area contributed by atoms with Gasteiger partial charge in [-0.15, -0.1) is 0 Å². The van der Waals surface area contributed by atoms with Crippen LogP contribution in [0.3, 0.4) is 0 Å². The van der Waals surface area contributed by atoms with E-state index in [1.54, 1.807) is 0 Å². The summed E-state index contributed by atoms with van der Waals surface area (Å²) < 4.78 is 10.9. The predicted octanol–water partition coefficient (Wildman–Crippen LogP) is 10.8. The molecule has 220 valence electrons. The lowest BCUT2D eigenvalue weighted by molar-refractivity contribution is 0.620. The Morgan fingerprint density at radius 3 is 1.32 bits per heavy atom. The van der Waals surface area contributed by atoms with Gasteiger partial charge in [-0.05, 0) is 72.3 Å². The Hall–Kier alpha value is -6.46. The second kappa shape index (κ2) is 10.0. The molecule has 0 atom stereocenters. The third-order valence-electron chi connectivity index (χ3n) is 9.24. The molecule has 6 aromatic carbocycles. The number of hydrogen-bond acceptors (Lipinski definition) is 3. The van der Waals surface area contributed by atoms with Crippen LogP contribution in [0, 0.1) is 0 Å². The number of aromatic nitrogens is 4. The van der Waals surface area contributed by atoms with Crippen molar-refractivity contribution in [1.29, 1.82) is 0 Å². The summed E-state index contributed by atoms with van der Waals surface area (Å²) in [5.41, 5.74) is 11.2. The number of oxazole rings is 1. The molecule has 0 saturated heterocycles. The molecule has 0 N–H and O–H groups in total. The molecule has 10 aromatic rings. The molecule has 4 heterocycles. The van der Waals surface area contributed by atoms with Gasteiger partial charge in [-0.3, -0.25) is 0 Å². The third-order valence-corrected chi connectivity index (χ3v) is 9.24. The molecule has 0 amide bonds. The van der Waals surface area contributed by atoms with Crippen molar-refractivity contribution in [3.63, 3.8) is 0 Å². The molecule has 0 radical (unpaired) electrons. The minimum Gasteiger partial charge on any atom is -0.434 e. The molecule has 4 aromatic heterocycles. The van der Waals surface area contributed by atoms with Crippen LogP contribution in [0.2, 0.25) is 0 Å². The van der Waals surface area contributed by atoms with Crippen LogP contribution in [0.15, 0.2) is 162 Å². The average Bonchev–Trinajstić information content (AvgIpc) is 3.82. The summed E-state index contributed by atoms with van der Waals surface area (Å²) in [4.78, 5) is 9.40. The second-order valence-electron chi connectivity index (χ2n) is 11.9. The maximum Gasteiger partial charge on any atom is 0.228 e. The summed E-state index contributed by atoms with van der Waals surface area (Å²) in [6.45, 7) is 0. The van der Waals surface area contributed by atoms with Gasteiger partial charge >= 0.3 is 0 Å². The van der Waals surface area contributed by atoms with Crippen LogP contribution in [-0.4, -0.2) is 19.1 Å². The summed E-state index contributed by atoms with van der Waals surface area (Å²) in [5.74, 6) is 0.556. The fourth-order valence-corrected chi connectivity index (χ4v) is 7.06. The summed E-state index contributed by atoms with van der Waals surface area (Å²) in [6.07, 6.45) is 1.87. The smallest absolute Gasteiger partial charge is 0.228 e. The Bertz CT molecular complexity index is 2520. The average molecular weight is 603 g/mol. The zero-order valence-corrected chi connectivity index (χ0v) is 25.2. The van der Waals surface area contributed by atoms with Gasteiger partial charge < -0.3 is 13.6 Å². The summed E-state index contributed by atoms with van der Waals surface area (Å²) in [7, 11) is 0. The molecule has 0 aliphatic heterocycles. The van der Waals surface area contributed by atoms with Gasteiger partial charge in [0, 0.05) is 50.2 Å². The van der Waals surface area contributed by atoms with Crippen LogP contribution in [0.5, 0.6) is 0 Å². The fraction of sp³-hybridized carbons (Fsp3) is 0. The monoisotopic (exact) mass is 602 g/mol. The molecule has 0 aliphatic rings. The van der Waals surface area contributed by atoms with E-state index in [4.69, 9.17) is 9.40 Å². The number of nitrogens with zero attached hydrogens (tertiary/aromatic N) is 4. The zero-order chi connectivity index (χ0) is 30.9. The van der Waals surface area contributed by atoms with Crippen LogP contribution < -0.4 is 0 Å². The maximum absolute atomic E-state index is 6.28. The first-order chi connectivity index (χ1) is 23.3. The summed E-state index contributed by atoms with van der Waals surface area (Å²) in [6, 6.07) is 53.3. The maximum atomic E-state index is 6.28. The van der Waals surface area contributed by atoms with Crippen LogP contribution in [0.4, 0.5) is 0 Å². The number of rotatable bonds is 4. The minimum absolute atomic E-state index is 0.556. The van der Waals surface area contributed by atoms with E-state index in [2.05, 4.69) is 160 Å². The highest BCUT2D eigenvalue weighted by Gasteiger charge is 2.15. The molecule has 5 heteroatoms. The van der Waals surface area contributed by atoms with Crippen molar-refractivity contribution < 1.29 is 4.42 Å². The van der Waals surface area contributed by atoms with Gasteiger partial charge in [0.2, 0.25) is 5.89 Å². The van der Waals surface area contributed by atoms with E-state index in [1.807, 2.05) is 12.3 Å². The number of fused-ring (bicyclic) bond motifs is 7. The van der Waals surface area contributed by atoms with Gasteiger partial charge in [0.15, 0.2) is 11.2 Å². The van der Waals surface area contributed by atoms with Crippen molar-refractivity contribution in [2.75, 3.05) is 0 Å². The highest BCUT2D eigenvalue weighted by molar-refractivity contribution is 6.10. The van der Waals surface area contributed by atoms with E-state index in [0.29, 0.717) is 17.1 Å². The fourth-order valence-electron chi connectivity index (χ4n) is 7.06. The van der Waals surface area contributed by atoms with Gasteiger partial charge in [-0.2, -0.15) is 4.98 Å². The van der Waals surface area contributed by atoms with Gasteiger partial charge in [0.1, 0.15) is 0 Å². The van der Waals surface area contributed by atoms with Crippen LogP contribution in [0.25, 0.3) is 88.8 Å². The molecule has 10 rings (SSSR count). The molecular formula is C42H26N4O. The van der Waals surface area contributed by atoms with Crippen molar-refractivity contribution in [1.82, 2.24) is 19.1 Å². The molecule has 0 saturated carbocycles. The Balaban J connectivity index is 0.981. The summed E-state index contributed by atoms with van der Waals surface area (Å²) >= 11 is 0. The van der Waals surface area contributed by atoms with E-state index in [0.717, 1.165) is 28.1 Å². The molecule has 0 unspecified atom stereocenters. The highest BCUT2D eigenvalue weighted by Crippen LogP contribution is 2.35. The highest BCUT2D eigenvalue weighted by atomic mass is 16.3. The lowest BCUT2D eigenvalue weighted by Crippen LogP contribution is -1.93. The summed E-state index contributed by atoms with van der Waals surface area (Å²) in [5, 5.41) is 5.00. The molecule has 0 fully saturated rings. The van der Waals surface area contributed by atoms with Crippen LogP contribution >= 0.6 is 0 Å². The first-order valence-corrected chi connectivity index (χ1v) is 15.7. The number of pyridine rings is 1. The quantitative estimate of drug-likeness (QED) is 0.201. The first-order valence-electron chi connectivity index (χ1n) is 15.7. The largest absolute Gasteiger partial charge is 0.434 e. The molecular weight excluding hydrogens is 576 g/mol. The lowest BCUT2D eigenvalue weighted by Gasteiger charge is -2.09. The van der Waals surface area contributed by atoms with E-state index in [-0.39, 0.29) is 0 Å². The van der Waals surface area contributed by atoms with E-state index >= 15 is 0 Å². The van der Waals surface area contributed by atoms with Crippen LogP contribution in [0.1, 0.15) is 0 Å². The normalized spacial score (nSPS) is 11.8. The number of hydrogen-bond donors (Lipinski definition) is 0. The van der Waals surface area contributed by atoms with Crippen molar-refractivity contribution in [2.45, 2.75) is 0 Å². The first kappa shape index (κ1) is 25.8. The van der Waals surface area contributed by atoms with E-state index < -0.39 is 0 Å². The molecule has 47 heavy (non-hydrogen) atoms. The Kier molecular flexibility index (Phi) is 5.51. The van der Waals surface area contributed by atoms with Crippen molar-refractivity contribution in [2.24, 2.45) is 0 Å². The van der Waals surface area contributed by atoms with E-state index in [9.17, 15) is 0 Å². The standard InChI is InChI=1S/C42H26N4O/c1-5-13-36-32(9-1)33-10-2-6-14-37(33)45(36)30-21-17-27(18-22-30)29-25-40-41(43-26-29)44-42(47-40)28-19-23-31(24-20-28)46-38-15-7-3-11-34(38)35-12-4-8-16-39(35)46/h1-26H. The minimum atomic E-state index is 0.556. The third kappa shape index (κ3) is 3.97. The molecule has 0 spiro atoms. The Morgan fingerprint density at radius 2 is 0.851 bits per heavy atom. The van der Waals surface area contributed by atoms with Gasteiger partial charge in [0.25, 0.3) is 0 Å². The predicted molar refractivity (Wildman–Crippen MR) is 191 cm³/mol. The molecule has 0 aliphatic carbocycles. The van der Waals surface area contributed by atoms with Crippen molar-refractivity contribution in [3.8, 4) is 34.0 Å². The van der Waals surface area contributed by atoms with Crippen LogP contribution in [-0.2, 0) is 0 Å². The molecule has 0 bridgehead atoms.